The molecule has 0 radical (unpaired) electrons. The molecular weight excluding hydrogens is 288 g/mol. The number of para-hydroxylation sites is 2. The van der Waals surface area contributed by atoms with E-state index >= 15 is 0 Å². The van der Waals surface area contributed by atoms with Gasteiger partial charge in [-0.1, -0.05) is 12.1 Å². The van der Waals surface area contributed by atoms with Crippen molar-refractivity contribution < 1.29 is 9.90 Å². The van der Waals surface area contributed by atoms with Crippen LogP contribution in [0.3, 0.4) is 0 Å². The van der Waals surface area contributed by atoms with Crippen molar-refractivity contribution in [2.75, 3.05) is 0 Å². The minimum atomic E-state index is -0.943. The van der Waals surface area contributed by atoms with Crippen LogP contribution in [0.1, 0.15) is 20.1 Å². The molecule has 0 aliphatic carbocycles. The molecule has 5 nitrogen and oxygen atoms in total. The molecule has 3 aromatic rings. The van der Waals surface area contributed by atoms with Gasteiger partial charge in [-0.2, -0.15) is 0 Å². The highest BCUT2D eigenvalue weighted by molar-refractivity contribution is 7.14. The Kier molecular flexibility index (Phi) is 3.31. The summed E-state index contributed by atoms with van der Waals surface area (Å²) in [5, 5.41) is 9.05. The van der Waals surface area contributed by atoms with Crippen molar-refractivity contribution in [3.8, 4) is 0 Å². The average molecular weight is 300 g/mol. The van der Waals surface area contributed by atoms with E-state index in [1.165, 1.54) is 17.5 Å². The molecule has 0 saturated heterocycles. The smallest absolute Gasteiger partial charge is 0.345 e. The predicted molar refractivity (Wildman–Crippen MR) is 81.1 cm³/mol. The normalized spacial score (nSPS) is 10.9. The zero-order valence-corrected chi connectivity index (χ0v) is 12.1. The predicted octanol–water partition coefficient (Wildman–Crippen LogP) is 2.51. The SMILES string of the molecule is Cc1sc(C(=O)O)cc1Cn1c(=O)cnc2ccccc21. The first-order valence-electron chi connectivity index (χ1n) is 6.33. The minimum absolute atomic E-state index is 0.198. The summed E-state index contributed by atoms with van der Waals surface area (Å²) in [7, 11) is 0. The lowest BCUT2D eigenvalue weighted by molar-refractivity contribution is 0.0702. The molecule has 0 aliphatic rings. The fourth-order valence-electron chi connectivity index (χ4n) is 2.23. The minimum Gasteiger partial charge on any atom is -0.477 e. The third-order valence-electron chi connectivity index (χ3n) is 3.31. The van der Waals surface area contributed by atoms with Crippen LogP contribution in [0.2, 0.25) is 0 Å². The van der Waals surface area contributed by atoms with Crippen LogP contribution in [0.15, 0.2) is 41.3 Å². The van der Waals surface area contributed by atoms with Crippen LogP contribution in [-0.2, 0) is 6.54 Å². The Bertz CT molecular complexity index is 895. The lowest BCUT2D eigenvalue weighted by Gasteiger charge is -2.08. The van der Waals surface area contributed by atoms with Gasteiger partial charge in [-0.05, 0) is 30.7 Å². The lowest BCUT2D eigenvalue weighted by atomic mass is 10.2. The second-order valence-electron chi connectivity index (χ2n) is 4.67. The quantitative estimate of drug-likeness (QED) is 0.806. The van der Waals surface area contributed by atoms with E-state index in [1.54, 1.807) is 10.6 Å². The molecule has 106 valence electrons. The highest BCUT2D eigenvalue weighted by Crippen LogP contribution is 2.23. The van der Waals surface area contributed by atoms with Crippen molar-refractivity contribution >= 4 is 28.3 Å². The van der Waals surface area contributed by atoms with Crippen LogP contribution in [0.25, 0.3) is 11.0 Å². The molecule has 0 bridgehead atoms. The maximum atomic E-state index is 12.1. The van der Waals surface area contributed by atoms with Crippen molar-refractivity contribution in [3.63, 3.8) is 0 Å². The van der Waals surface area contributed by atoms with Gasteiger partial charge in [0.15, 0.2) is 0 Å². The summed E-state index contributed by atoms with van der Waals surface area (Å²) >= 11 is 1.22. The molecule has 0 fully saturated rings. The molecule has 0 amide bonds. The van der Waals surface area contributed by atoms with Gasteiger partial charge in [0, 0.05) is 4.88 Å². The molecule has 1 N–H and O–H groups in total. The number of rotatable bonds is 3. The Hall–Kier alpha value is -2.47. The largest absolute Gasteiger partial charge is 0.477 e. The van der Waals surface area contributed by atoms with Crippen LogP contribution >= 0.6 is 11.3 Å². The summed E-state index contributed by atoms with van der Waals surface area (Å²) in [6.45, 7) is 2.21. The summed E-state index contributed by atoms with van der Waals surface area (Å²) in [6.07, 6.45) is 1.29. The van der Waals surface area contributed by atoms with E-state index in [2.05, 4.69) is 4.98 Å². The van der Waals surface area contributed by atoms with Crippen molar-refractivity contribution in [1.82, 2.24) is 9.55 Å². The van der Waals surface area contributed by atoms with Crippen LogP contribution in [0.4, 0.5) is 0 Å². The standard InChI is InChI=1S/C15H12N2O3S/c1-9-10(6-13(21-9)15(19)20)8-17-12-5-3-2-4-11(12)16-7-14(17)18/h2-7H,8H2,1H3,(H,19,20). The van der Waals surface area contributed by atoms with E-state index < -0.39 is 5.97 Å². The summed E-state index contributed by atoms with van der Waals surface area (Å²) < 4.78 is 1.61. The maximum absolute atomic E-state index is 12.1. The molecule has 0 atom stereocenters. The molecule has 0 spiro atoms. The van der Waals surface area contributed by atoms with Gasteiger partial charge in [0.05, 0.1) is 23.8 Å². The summed E-state index contributed by atoms with van der Waals surface area (Å²) in [4.78, 5) is 28.4. The second kappa shape index (κ2) is 5.14. The Morgan fingerprint density at radius 2 is 2.14 bits per heavy atom. The van der Waals surface area contributed by atoms with Crippen molar-refractivity contribution in [2.24, 2.45) is 0 Å². The molecule has 21 heavy (non-hydrogen) atoms. The summed E-state index contributed by atoms with van der Waals surface area (Å²) in [6, 6.07) is 9.02. The number of carboxylic acid groups (broad SMARTS) is 1. The number of carboxylic acids is 1. The van der Waals surface area contributed by atoms with E-state index in [1.807, 2.05) is 31.2 Å². The number of fused-ring (bicyclic) bond motifs is 1. The van der Waals surface area contributed by atoms with Gasteiger partial charge in [0.2, 0.25) is 0 Å². The Labute approximate surface area is 124 Å². The monoisotopic (exact) mass is 300 g/mol. The number of hydrogen-bond acceptors (Lipinski definition) is 4. The molecule has 0 unspecified atom stereocenters. The van der Waals surface area contributed by atoms with E-state index in [-0.39, 0.29) is 10.4 Å². The van der Waals surface area contributed by atoms with Crippen LogP contribution < -0.4 is 5.56 Å². The van der Waals surface area contributed by atoms with Gasteiger partial charge in [0.25, 0.3) is 5.56 Å². The van der Waals surface area contributed by atoms with Gasteiger partial charge >= 0.3 is 5.97 Å². The number of thiophene rings is 1. The number of nitrogens with zero attached hydrogens (tertiary/aromatic N) is 2. The number of aromatic carboxylic acids is 1. The molecule has 3 rings (SSSR count). The number of aryl methyl sites for hydroxylation is 1. The highest BCUT2D eigenvalue weighted by atomic mass is 32.1. The van der Waals surface area contributed by atoms with Gasteiger partial charge in [-0.25, -0.2) is 9.78 Å². The molecule has 1 aromatic carbocycles. The van der Waals surface area contributed by atoms with Crippen molar-refractivity contribution in [1.29, 1.82) is 0 Å². The topological polar surface area (TPSA) is 72.2 Å². The number of hydrogen-bond donors (Lipinski definition) is 1. The van der Waals surface area contributed by atoms with Gasteiger partial charge in [-0.15, -0.1) is 11.3 Å². The zero-order valence-electron chi connectivity index (χ0n) is 11.2. The molecule has 2 aromatic heterocycles. The van der Waals surface area contributed by atoms with E-state index in [9.17, 15) is 9.59 Å². The van der Waals surface area contributed by atoms with Crippen LogP contribution in [-0.4, -0.2) is 20.6 Å². The fraction of sp³-hybridized carbons (Fsp3) is 0.133. The van der Waals surface area contributed by atoms with E-state index in [0.717, 1.165) is 21.5 Å². The van der Waals surface area contributed by atoms with Crippen molar-refractivity contribution in [3.05, 3.63) is 62.2 Å². The lowest BCUT2D eigenvalue weighted by Crippen LogP contribution is -2.21. The number of carbonyl (C=O) groups is 1. The molecule has 0 aliphatic heterocycles. The number of aromatic nitrogens is 2. The molecule has 0 saturated carbocycles. The summed E-state index contributed by atoms with van der Waals surface area (Å²) in [5.74, 6) is -0.943. The molecular formula is C15H12N2O3S. The van der Waals surface area contributed by atoms with Crippen LogP contribution in [0, 0.1) is 6.92 Å². The number of benzene rings is 1. The highest BCUT2D eigenvalue weighted by Gasteiger charge is 2.13. The maximum Gasteiger partial charge on any atom is 0.345 e. The third-order valence-corrected chi connectivity index (χ3v) is 4.39. The Morgan fingerprint density at radius 3 is 2.86 bits per heavy atom. The second-order valence-corrected chi connectivity index (χ2v) is 5.92. The van der Waals surface area contributed by atoms with Crippen molar-refractivity contribution in [2.45, 2.75) is 13.5 Å². The molecule has 6 heteroatoms. The fourth-order valence-corrected chi connectivity index (χ4v) is 3.10. The zero-order chi connectivity index (χ0) is 15.0. The Balaban J connectivity index is 2.12. The van der Waals surface area contributed by atoms with Gasteiger partial charge in [0.1, 0.15) is 4.88 Å². The first-order valence-corrected chi connectivity index (χ1v) is 7.15. The first kappa shape index (κ1) is 13.5. The van der Waals surface area contributed by atoms with Gasteiger partial charge in [-0.3, -0.25) is 4.79 Å². The first-order chi connectivity index (χ1) is 10.1. The Morgan fingerprint density at radius 1 is 1.38 bits per heavy atom. The average Bonchev–Trinajstić information content (AvgIpc) is 2.84. The summed E-state index contributed by atoms with van der Waals surface area (Å²) in [5.41, 5.74) is 2.13. The van der Waals surface area contributed by atoms with E-state index in [0.29, 0.717) is 6.54 Å². The van der Waals surface area contributed by atoms with Crippen LogP contribution in [0.5, 0.6) is 0 Å². The van der Waals surface area contributed by atoms with Gasteiger partial charge < -0.3 is 9.67 Å². The molecule has 2 heterocycles. The third kappa shape index (κ3) is 2.45. The van der Waals surface area contributed by atoms with E-state index in [4.69, 9.17) is 5.11 Å².